The second-order valence-electron chi connectivity index (χ2n) is 7.85. The van der Waals surface area contributed by atoms with Crippen LogP contribution in [-0.4, -0.2) is 42.8 Å². The summed E-state index contributed by atoms with van der Waals surface area (Å²) in [6.07, 6.45) is 9.14. The van der Waals surface area contributed by atoms with E-state index in [1.807, 2.05) is 6.07 Å². The summed E-state index contributed by atoms with van der Waals surface area (Å²) >= 11 is 0. The quantitative estimate of drug-likeness (QED) is 0.759. The first-order chi connectivity index (χ1) is 12.2. The Morgan fingerprint density at radius 3 is 2.52 bits per heavy atom. The standard InChI is InChI=1S/C21H35N3O/c1-3-14-25-19-7-5-18(6-8-19)24-12-10-17(11-13-24)23-21-15-16(2)4-9-20(21)22/h4,9,15,17-19,23H,3,5-8,10-14,22H2,1-2H3/t18-,19-. The third-order valence-corrected chi connectivity index (χ3v) is 5.82. The topological polar surface area (TPSA) is 50.5 Å². The van der Waals surface area contributed by atoms with Crippen molar-refractivity contribution in [3.05, 3.63) is 23.8 Å². The van der Waals surface area contributed by atoms with Crippen LogP contribution in [0, 0.1) is 6.92 Å². The molecule has 0 atom stereocenters. The predicted molar refractivity (Wildman–Crippen MR) is 106 cm³/mol. The number of nitrogens with two attached hydrogens (primary N) is 1. The second-order valence-corrected chi connectivity index (χ2v) is 7.85. The lowest BCUT2D eigenvalue weighted by atomic mass is 9.90. The highest BCUT2D eigenvalue weighted by molar-refractivity contribution is 5.67. The van der Waals surface area contributed by atoms with Gasteiger partial charge in [0.1, 0.15) is 0 Å². The molecule has 1 saturated heterocycles. The number of ether oxygens (including phenoxy) is 1. The van der Waals surface area contributed by atoms with E-state index in [4.69, 9.17) is 10.5 Å². The molecule has 0 bridgehead atoms. The molecule has 4 nitrogen and oxygen atoms in total. The number of rotatable bonds is 6. The zero-order valence-corrected chi connectivity index (χ0v) is 16.0. The van der Waals surface area contributed by atoms with Gasteiger partial charge in [-0.1, -0.05) is 13.0 Å². The maximum Gasteiger partial charge on any atom is 0.0578 e. The number of hydrogen-bond acceptors (Lipinski definition) is 4. The fraction of sp³-hybridized carbons (Fsp3) is 0.714. The molecular formula is C21H35N3O. The molecule has 140 valence electrons. The SMILES string of the molecule is CCCO[C@H]1CC[C@H](N2CCC(Nc3cc(C)ccc3N)CC2)CC1. The van der Waals surface area contributed by atoms with Crippen LogP contribution >= 0.6 is 0 Å². The Morgan fingerprint density at radius 1 is 1.12 bits per heavy atom. The van der Waals surface area contributed by atoms with Crippen LogP contribution in [-0.2, 0) is 4.74 Å². The summed E-state index contributed by atoms with van der Waals surface area (Å²) in [7, 11) is 0. The first kappa shape index (κ1) is 18.5. The Bertz CT molecular complexity index is 532. The molecule has 25 heavy (non-hydrogen) atoms. The largest absolute Gasteiger partial charge is 0.397 e. The minimum atomic E-state index is 0.514. The van der Waals surface area contributed by atoms with Gasteiger partial charge in [-0.3, -0.25) is 0 Å². The summed E-state index contributed by atoms with van der Waals surface area (Å²) in [5, 5.41) is 3.67. The normalized spacial score (nSPS) is 25.8. The molecule has 2 fully saturated rings. The summed E-state index contributed by atoms with van der Waals surface area (Å²) in [6, 6.07) is 7.56. The number of nitrogens with one attached hydrogen (secondary N) is 1. The molecule has 2 aliphatic rings. The van der Waals surface area contributed by atoms with E-state index in [1.165, 1.54) is 57.2 Å². The predicted octanol–water partition coefficient (Wildman–Crippen LogP) is 4.19. The lowest BCUT2D eigenvalue weighted by molar-refractivity contribution is 0.00428. The lowest BCUT2D eigenvalue weighted by Crippen LogP contribution is -2.46. The lowest BCUT2D eigenvalue weighted by Gasteiger charge is -2.41. The molecule has 1 aromatic rings. The maximum absolute atomic E-state index is 6.11. The minimum absolute atomic E-state index is 0.514. The number of benzene rings is 1. The van der Waals surface area contributed by atoms with Crippen LogP contribution in [0.4, 0.5) is 11.4 Å². The van der Waals surface area contributed by atoms with E-state index in [-0.39, 0.29) is 0 Å². The summed E-state index contributed by atoms with van der Waals surface area (Å²) in [5.41, 5.74) is 9.34. The number of aryl methyl sites for hydroxylation is 1. The van der Waals surface area contributed by atoms with Gasteiger partial charge in [-0.15, -0.1) is 0 Å². The van der Waals surface area contributed by atoms with E-state index in [1.54, 1.807) is 0 Å². The first-order valence-electron chi connectivity index (χ1n) is 10.1. The fourth-order valence-electron chi connectivity index (χ4n) is 4.29. The molecule has 3 rings (SSSR count). The smallest absolute Gasteiger partial charge is 0.0578 e. The molecule has 1 aromatic carbocycles. The van der Waals surface area contributed by atoms with Gasteiger partial charge in [0.15, 0.2) is 0 Å². The zero-order chi connectivity index (χ0) is 17.6. The molecule has 1 aliphatic heterocycles. The van der Waals surface area contributed by atoms with Crippen molar-refractivity contribution in [2.45, 2.75) is 77.0 Å². The Balaban J connectivity index is 1.42. The van der Waals surface area contributed by atoms with Gasteiger partial charge in [-0.05, 0) is 69.6 Å². The summed E-state index contributed by atoms with van der Waals surface area (Å²) in [4.78, 5) is 2.72. The fourth-order valence-corrected chi connectivity index (χ4v) is 4.29. The molecule has 1 saturated carbocycles. The van der Waals surface area contributed by atoms with Crippen LogP contribution in [0.2, 0.25) is 0 Å². The van der Waals surface area contributed by atoms with Crippen molar-refractivity contribution in [3.63, 3.8) is 0 Å². The third kappa shape index (κ3) is 5.11. The van der Waals surface area contributed by atoms with Gasteiger partial charge < -0.3 is 20.7 Å². The van der Waals surface area contributed by atoms with Crippen molar-refractivity contribution in [3.8, 4) is 0 Å². The van der Waals surface area contributed by atoms with Gasteiger partial charge in [-0.2, -0.15) is 0 Å². The molecule has 1 aliphatic carbocycles. The summed E-state index contributed by atoms with van der Waals surface area (Å²) in [5.74, 6) is 0. The van der Waals surface area contributed by atoms with Crippen LogP contribution < -0.4 is 11.1 Å². The maximum atomic E-state index is 6.11. The highest BCUT2D eigenvalue weighted by Gasteiger charge is 2.29. The first-order valence-corrected chi connectivity index (χ1v) is 10.1. The van der Waals surface area contributed by atoms with E-state index in [0.29, 0.717) is 12.1 Å². The molecule has 0 spiro atoms. The molecular weight excluding hydrogens is 310 g/mol. The number of hydrogen-bond donors (Lipinski definition) is 2. The molecule has 1 heterocycles. The van der Waals surface area contributed by atoms with Gasteiger partial charge >= 0.3 is 0 Å². The van der Waals surface area contributed by atoms with E-state index in [0.717, 1.165) is 30.4 Å². The highest BCUT2D eigenvalue weighted by Crippen LogP contribution is 2.29. The van der Waals surface area contributed by atoms with Gasteiger partial charge in [-0.25, -0.2) is 0 Å². The van der Waals surface area contributed by atoms with Crippen LogP contribution in [0.3, 0.4) is 0 Å². The van der Waals surface area contributed by atoms with Crippen LogP contribution in [0.25, 0.3) is 0 Å². The third-order valence-electron chi connectivity index (χ3n) is 5.82. The van der Waals surface area contributed by atoms with Crippen molar-refractivity contribution in [1.29, 1.82) is 0 Å². The van der Waals surface area contributed by atoms with Gasteiger partial charge in [0, 0.05) is 31.8 Å². The summed E-state index contributed by atoms with van der Waals surface area (Å²) < 4.78 is 5.93. The minimum Gasteiger partial charge on any atom is -0.397 e. The monoisotopic (exact) mass is 345 g/mol. The average molecular weight is 346 g/mol. The van der Waals surface area contributed by atoms with Crippen molar-refractivity contribution in [2.24, 2.45) is 0 Å². The highest BCUT2D eigenvalue weighted by atomic mass is 16.5. The number of piperidine rings is 1. The van der Waals surface area contributed by atoms with Gasteiger partial charge in [0.2, 0.25) is 0 Å². The Labute approximate surface area is 153 Å². The van der Waals surface area contributed by atoms with Gasteiger partial charge in [0.25, 0.3) is 0 Å². The Hall–Kier alpha value is -1.26. The van der Waals surface area contributed by atoms with Crippen LogP contribution in [0.1, 0.15) is 57.4 Å². The average Bonchev–Trinajstić information content (AvgIpc) is 2.64. The van der Waals surface area contributed by atoms with E-state index >= 15 is 0 Å². The van der Waals surface area contributed by atoms with Crippen molar-refractivity contribution in [1.82, 2.24) is 4.90 Å². The Kier molecular flexibility index (Phi) is 6.60. The van der Waals surface area contributed by atoms with Gasteiger partial charge in [0.05, 0.1) is 17.5 Å². The molecule has 4 heteroatoms. The van der Waals surface area contributed by atoms with Crippen LogP contribution in [0.5, 0.6) is 0 Å². The van der Waals surface area contributed by atoms with E-state index < -0.39 is 0 Å². The Morgan fingerprint density at radius 2 is 1.84 bits per heavy atom. The molecule has 3 N–H and O–H groups in total. The van der Waals surface area contributed by atoms with Crippen molar-refractivity contribution in [2.75, 3.05) is 30.7 Å². The number of nitrogen functional groups attached to an aromatic ring is 1. The number of anilines is 2. The van der Waals surface area contributed by atoms with Crippen molar-refractivity contribution < 1.29 is 4.74 Å². The van der Waals surface area contributed by atoms with E-state index in [2.05, 4.69) is 36.2 Å². The molecule has 0 amide bonds. The number of likely N-dealkylation sites (tertiary alicyclic amines) is 1. The molecule has 0 unspecified atom stereocenters. The number of nitrogens with zero attached hydrogens (tertiary/aromatic N) is 1. The second kappa shape index (κ2) is 8.91. The van der Waals surface area contributed by atoms with Crippen molar-refractivity contribution >= 4 is 11.4 Å². The molecule has 0 radical (unpaired) electrons. The van der Waals surface area contributed by atoms with Crippen LogP contribution in [0.15, 0.2) is 18.2 Å². The summed E-state index contributed by atoms with van der Waals surface area (Å²) in [6.45, 7) is 7.64. The van der Waals surface area contributed by atoms with E-state index in [9.17, 15) is 0 Å². The molecule has 0 aromatic heterocycles. The zero-order valence-electron chi connectivity index (χ0n) is 16.0.